The van der Waals surface area contributed by atoms with Gasteiger partial charge in [0.1, 0.15) is 6.04 Å². The second-order valence-electron chi connectivity index (χ2n) is 4.79. The third kappa shape index (κ3) is 2.58. The van der Waals surface area contributed by atoms with Gasteiger partial charge in [-0.05, 0) is 26.0 Å². The Bertz CT molecular complexity index is 529. The van der Waals surface area contributed by atoms with Crippen LogP contribution < -0.4 is 0 Å². The zero-order valence-electron chi connectivity index (χ0n) is 10.8. The summed E-state index contributed by atoms with van der Waals surface area (Å²) in [6.07, 6.45) is -0.719. The zero-order chi connectivity index (χ0) is 14.2. The number of aliphatic hydroxyl groups excluding tert-OH is 1. The number of carboxylic acid groups (broad SMARTS) is 1. The standard InChI is InChI=1S/C13H16N2O4/c1-7-3-4-10(8(2)14-7)12(17)15-6-9(16)5-11(15)13(18)19/h3-4,9,11,16H,5-6H2,1-2H3,(H,18,19)/t9-,11+/m1/s1. The predicted molar refractivity (Wildman–Crippen MR) is 66.8 cm³/mol. The molecular weight excluding hydrogens is 248 g/mol. The van der Waals surface area contributed by atoms with Crippen molar-refractivity contribution in [2.75, 3.05) is 6.54 Å². The van der Waals surface area contributed by atoms with Crippen LogP contribution in [0.1, 0.15) is 28.2 Å². The maximum atomic E-state index is 12.4. The molecule has 0 unspecified atom stereocenters. The number of hydrogen-bond donors (Lipinski definition) is 2. The Labute approximate surface area is 110 Å². The number of carbonyl (C=O) groups is 2. The molecule has 1 aliphatic heterocycles. The lowest BCUT2D eigenvalue weighted by atomic mass is 10.1. The number of carbonyl (C=O) groups excluding carboxylic acids is 1. The van der Waals surface area contributed by atoms with Crippen LogP contribution in [0.5, 0.6) is 0 Å². The molecule has 2 rings (SSSR count). The van der Waals surface area contributed by atoms with Crippen LogP contribution >= 0.6 is 0 Å². The maximum absolute atomic E-state index is 12.4. The molecule has 2 atom stereocenters. The van der Waals surface area contributed by atoms with Crippen LogP contribution in [-0.4, -0.2) is 50.7 Å². The molecule has 0 bridgehead atoms. The second kappa shape index (κ2) is 4.97. The van der Waals surface area contributed by atoms with Gasteiger partial charge in [0.2, 0.25) is 0 Å². The molecule has 1 aliphatic rings. The number of aliphatic hydroxyl groups is 1. The molecule has 6 nitrogen and oxygen atoms in total. The van der Waals surface area contributed by atoms with Gasteiger partial charge in [-0.2, -0.15) is 0 Å². The highest BCUT2D eigenvalue weighted by Crippen LogP contribution is 2.22. The molecule has 1 aromatic heterocycles. The number of β-amino-alcohol motifs (C(OH)–C–C–N with tert-alkyl or cyclic N) is 1. The van der Waals surface area contributed by atoms with Gasteiger partial charge < -0.3 is 15.1 Å². The molecule has 1 amide bonds. The quantitative estimate of drug-likeness (QED) is 0.804. The number of amides is 1. The number of nitrogens with zero attached hydrogens (tertiary/aromatic N) is 2. The molecule has 0 radical (unpaired) electrons. The summed E-state index contributed by atoms with van der Waals surface area (Å²) in [6.45, 7) is 3.58. The lowest BCUT2D eigenvalue weighted by Crippen LogP contribution is -2.40. The average molecular weight is 264 g/mol. The Balaban J connectivity index is 2.30. The van der Waals surface area contributed by atoms with E-state index in [1.807, 2.05) is 6.92 Å². The first kappa shape index (κ1) is 13.5. The molecule has 0 aliphatic carbocycles. The monoisotopic (exact) mass is 264 g/mol. The molecule has 19 heavy (non-hydrogen) atoms. The molecule has 1 saturated heterocycles. The Morgan fingerprint density at radius 3 is 2.63 bits per heavy atom. The van der Waals surface area contributed by atoms with Crippen molar-refractivity contribution in [2.45, 2.75) is 32.4 Å². The number of aromatic nitrogens is 1. The summed E-state index contributed by atoms with van der Waals surface area (Å²) in [5.41, 5.74) is 1.74. The van der Waals surface area contributed by atoms with Crippen molar-refractivity contribution in [3.8, 4) is 0 Å². The average Bonchev–Trinajstić information content (AvgIpc) is 2.70. The van der Waals surface area contributed by atoms with Crippen molar-refractivity contribution in [3.05, 3.63) is 29.1 Å². The van der Waals surface area contributed by atoms with Gasteiger partial charge in [-0.1, -0.05) is 0 Å². The van der Waals surface area contributed by atoms with Gasteiger partial charge in [0.05, 0.1) is 17.4 Å². The zero-order valence-corrected chi connectivity index (χ0v) is 10.8. The molecule has 6 heteroatoms. The van der Waals surface area contributed by atoms with Gasteiger partial charge >= 0.3 is 5.97 Å². The van der Waals surface area contributed by atoms with Crippen molar-refractivity contribution >= 4 is 11.9 Å². The Morgan fingerprint density at radius 2 is 2.05 bits per heavy atom. The van der Waals surface area contributed by atoms with Gasteiger partial charge in [-0.25, -0.2) is 4.79 Å². The van der Waals surface area contributed by atoms with Crippen molar-refractivity contribution in [3.63, 3.8) is 0 Å². The lowest BCUT2D eigenvalue weighted by molar-refractivity contribution is -0.141. The minimum Gasteiger partial charge on any atom is -0.480 e. The summed E-state index contributed by atoms with van der Waals surface area (Å²) < 4.78 is 0. The third-order valence-corrected chi connectivity index (χ3v) is 3.28. The van der Waals surface area contributed by atoms with Crippen LogP contribution in [0.3, 0.4) is 0 Å². The van der Waals surface area contributed by atoms with Gasteiger partial charge in [-0.3, -0.25) is 9.78 Å². The Morgan fingerprint density at radius 1 is 1.37 bits per heavy atom. The fourth-order valence-electron chi connectivity index (χ4n) is 2.34. The number of carboxylic acids is 1. The first-order valence-corrected chi connectivity index (χ1v) is 6.06. The maximum Gasteiger partial charge on any atom is 0.326 e. The molecule has 0 aromatic carbocycles. The summed E-state index contributed by atoms with van der Waals surface area (Å²) in [6, 6.07) is 2.38. The topological polar surface area (TPSA) is 90.7 Å². The summed E-state index contributed by atoms with van der Waals surface area (Å²) in [5.74, 6) is -1.49. The summed E-state index contributed by atoms with van der Waals surface area (Å²) in [5, 5.41) is 18.6. The van der Waals surface area contributed by atoms with Gasteiger partial charge in [-0.15, -0.1) is 0 Å². The number of pyridine rings is 1. The van der Waals surface area contributed by atoms with Crippen LogP contribution in [0, 0.1) is 13.8 Å². The van der Waals surface area contributed by atoms with E-state index >= 15 is 0 Å². The van der Waals surface area contributed by atoms with E-state index in [1.165, 1.54) is 4.90 Å². The highest BCUT2D eigenvalue weighted by Gasteiger charge is 2.39. The molecule has 102 valence electrons. The van der Waals surface area contributed by atoms with Crippen molar-refractivity contribution in [1.82, 2.24) is 9.88 Å². The molecule has 2 N–H and O–H groups in total. The first-order chi connectivity index (χ1) is 8.90. The molecular formula is C13H16N2O4. The van der Waals surface area contributed by atoms with E-state index in [0.717, 1.165) is 5.69 Å². The van der Waals surface area contributed by atoms with E-state index < -0.39 is 24.0 Å². The normalized spacial score (nSPS) is 22.6. The van der Waals surface area contributed by atoms with Crippen LogP contribution in [0.15, 0.2) is 12.1 Å². The van der Waals surface area contributed by atoms with E-state index in [2.05, 4.69) is 4.98 Å². The molecule has 1 fully saturated rings. The van der Waals surface area contributed by atoms with E-state index in [4.69, 9.17) is 5.11 Å². The van der Waals surface area contributed by atoms with E-state index in [0.29, 0.717) is 11.3 Å². The van der Waals surface area contributed by atoms with Gasteiger partial charge in [0.25, 0.3) is 5.91 Å². The van der Waals surface area contributed by atoms with E-state index in [-0.39, 0.29) is 13.0 Å². The van der Waals surface area contributed by atoms with Crippen LogP contribution in [0.25, 0.3) is 0 Å². The van der Waals surface area contributed by atoms with Crippen LogP contribution in [0.4, 0.5) is 0 Å². The van der Waals surface area contributed by atoms with Crippen molar-refractivity contribution < 1.29 is 19.8 Å². The van der Waals surface area contributed by atoms with Crippen LogP contribution in [-0.2, 0) is 4.79 Å². The summed E-state index contributed by atoms with van der Waals surface area (Å²) in [4.78, 5) is 28.9. The smallest absolute Gasteiger partial charge is 0.326 e. The molecule has 0 spiro atoms. The fourth-order valence-corrected chi connectivity index (χ4v) is 2.34. The predicted octanol–water partition coefficient (Wildman–Crippen LogP) is 0.358. The minimum atomic E-state index is -1.09. The number of likely N-dealkylation sites (tertiary alicyclic amines) is 1. The Hall–Kier alpha value is -1.95. The van der Waals surface area contributed by atoms with Gasteiger partial charge in [0.15, 0.2) is 0 Å². The second-order valence-corrected chi connectivity index (χ2v) is 4.79. The van der Waals surface area contributed by atoms with Crippen LogP contribution in [0.2, 0.25) is 0 Å². The lowest BCUT2D eigenvalue weighted by Gasteiger charge is -2.21. The third-order valence-electron chi connectivity index (χ3n) is 3.28. The molecule has 2 heterocycles. The number of hydrogen-bond acceptors (Lipinski definition) is 4. The molecule has 1 aromatic rings. The fraction of sp³-hybridized carbons (Fsp3) is 0.462. The van der Waals surface area contributed by atoms with E-state index in [9.17, 15) is 14.7 Å². The van der Waals surface area contributed by atoms with Crippen molar-refractivity contribution in [2.24, 2.45) is 0 Å². The number of aliphatic carboxylic acids is 1. The van der Waals surface area contributed by atoms with Crippen molar-refractivity contribution in [1.29, 1.82) is 0 Å². The van der Waals surface area contributed by atoms with Gasteiger partial charge in [0, 0.05) is 18.7 Å². The highest BCUT2D eigenvalue weighted by atomic mass is 16.4. The largest absolute Gasteiger partial charge is 0.480 e. The highest BCUT2D eigenvalue weighted by molar-refractivity contribution is 5.97. The first-order valence-electron chi connectivity index (χ1n) is 6.06. The SMILES string of the molecule is Cc1ccc(C(=O)N2C[C@H](O)C[C@H]2C(=O)O)c(C)n1. The number of rotatable bonds is 2. The van der Waals surface area contributed by atoms with E-state index in [1.54, 1.807) is 19.1 Å². The summed E-state index contributed by atoms with van der Waals surface area (Å²) >= 11 is 0. The number of aryl methyl sites for hydroxylation is 2. The molecule has 0 saturated carbocycles. The minimum absolute atomic E-state index is 0.0448. The Kier molecular flexibility index (Phi) is 3.53. The summed E-state index contributed by atoms with van der Waals surface area (Å²) in [7, 11) is 0.